The highest BCUT2D eigenvalue weighted by atomic mass is 35.5. The fourth-order valence-corrected chi connectivity index (χ4v) is 2.46. The summed E-state index contributed by atoms with van der Waals surface area (Å²) in [5, 5.41) is 5.12. The molecule has 0 aliphatic heterocycles. The molecule has 3 nitrogen and oxygen atoms in total. The van der Waals surface area contributed by atoms with Gasteiger partial charge in [-0.2, -0.15) is 0 Å². The Bertz CT molecular complexity index is 709. The average Bonchev–Trinajstić information content (AvgIpc) is 2.88. The molecule has 0 bridgehead atoms. The summed E-state index contributed by atoms with van der Waals surface area (Å²) in [6.07, 6.45) is 1.79. The minimum atomic E-state index is -0.0487. The van der Waals surface area contributed by atoms with Crippen molar-refractivity contribution in [2.75, 3.05) is 6.54 Å². The van der Waals surface area contributed by atoms with Crippen LogP contribution in [0.2, 0.25) is 5.02 Å². The Labute approximate surface area is 122 Å². The van der Waals surface area contributed by atoms with Gasteiger partial charge in [0, 0.05) is 16.6 Å². The average molecular weight is 287 g/mol. The summed E-state index contributed by atoms with van der Waals surface area (Å²) in [5.41, 5.74) is 1.78. The minimum absolute atomic E-state index is 0.0487. The zero-order valence-electron chi connectivity index (χ0n) is 11.1. The van der Waals surface area contributed by atoms with E-state index in [1.54, 1.807) is 6.20 Å². The lowest BCUT2D eigenvalue weighted by Crippen LogP contribution is -2.22. The molecule has 2 heterocycles. The second-order valence-corrected chi connectivity index (χ2v) is 5.01. The van der Waals surface area contributed by atoms with Crippen molar-refractivity contribution in [2.45, 2.75) is 13.0 Å². The van der Waals surface area contributed by atoms with Crippen molar-refractivity contribution >= 4 is 22.6 Å². The molecule has 0 aliphatic carbocycles. The molecule has 1 atom stereocenters. The van der Waals surface area contributed by atoms with Gasteiger partial charge in [0.15, 0.2) is 0 Å². The van der Waals surface area contributed by atoms with E-state index in [2.05, 4.69) is 17.2 Å². The number of nitrogens with zero attached hydrogens (tertiary/aromatic N) is 1. The molecule has 102 valence electrons. The predicted octanol–water partition coefficient (Wildman–Crippen LogP) is 4.18. The monoisotopic (exact) mass is 286 g/mol. The molecule has 2 aromatic heterocycles. The van der Waals surface area contributed by atoms with E-state index in [1.165, 1.54) is 0 Å². The molecule has 3 aromatic rings. The van der Waals surface area contributed by atoms with Crippen LogP contribution in [-0.2, 0) is 0 Å². The molecule has 3 rings (SSSR count). The fraction of sp³-hybridized carbons (Fsp3) is 0.188. The maximum absolute atomic E-state index is 6.02. The van der Waals surface area contributed by atoms with Crippen LogP contribution in [0.3, 0.4) is 0 Å². The Morgan fingerprint density at radius 1 is 1.25 bits per heavy atom. The second-order valence-electron chi connectivity index (χ2n) is 4.58. The molecular formula is C16H15ClN2O. The number of furan rings is 1. The van der Waals surface area contributed by atoms with Gasteiger partial charge in [-0.05, 0) is 42.9 Å². The van der Waals surface area contributed by atoms with Crippen molar-refractivity contribution in [3.8, 4) is 0 Å². The Kier molecular flexibility index (Phi) is 3.72. The van der Waals surface area contributed by atoms with Gasteiger partial charge in [0.05, 0.1) is 5.69 Å². The molecule has 0 saturated heterocycles. The summed E-state index contributed by atoms with van der Waals surface area (Å²) in [7, 11) is 0. The largest absolute Gasteiger partial charge is 0.459 e. The van der Waals surface area contributed by atoms with Crippen LogP contribution in [-0.4, -0.2) is 11.5 Å². The lowest BCUT2D eigenvalue weighted by molar-refractivity contribution is 0.471. The van der Waals surface area contributed by atoms with Crippen LogP contribution in [0.4, 0.5) is 0 Å². The molecule has 0 saturated carbocycles. The molecule has 20 heavy (non-hydrogen) atoms. The van der Waals surface area contributed by atoms with E-state index in [-0.39, 0.29) is 6.04 Å². The van der Waals surface area contributed by atoms with Crippen LogP contribution < -0.4 is 5.32 Å². The first kappa shape index (κ1) is 13.2. The fourth-order valence-electron chi connectivity index (χ4n) is 2.28. The van der Waals surface area contributed by atoms with E-state index in [0.29, 0.717) is 5.02 Å². The van der Waals surface area contributed by atoms with Crippen LogP contribution in [0.15, 0.2) is 53.1 Å². The molecule has 0 amide bonds. The van der Waals surface area contributed by atoms with E-state index in [1.807, 2.05) is 42.5 Å². The van der Waals surface area contributed by atoms with Crippen molar-refractivity contribution < 1.29 is 4.42 Å². The van der Waals surface area contributed by atoms with Crippen molar-refractivity contribution in [2.24, 2.45) is 0 Å². The number of hydrogen-bond acceptors (Lipinski definition) is 3. The van der Waals surface area contributed by atoms with Gasteiger partial charge in [0.2, 0.25) is 0 Å². The first-order valence-electron chi connectivity index (χ1n) is 6.61. The van der Waals surface area contributed by atoms with Crippen LogP contribution >= 0.6 is 11.6 Å². The zero-order valence-corrected chi connectivity index (χ0v) is 11.9. The van der Waals surface area contributed by atoms with Gasteiger partial charge in [-0.1, -0.05) is 24.6 Å². The third-order valence-electron chi connectivity index (χ3n) is 3.17. The molecule has 1 N–H and O–H groups in total. The molecule has 0 radical (unpaired) electrons. The van der Waals surface area contributed by atoms with Gasteiger partial charge in [-0.25, -0.2) is 0 Å². The summed E-state index contributed by atoms with van der Waals surface area (Å²) in [4.78, 5) is 4.41. The Balaban J connectivity index is 2.05. The van der Waals surface area contributed by atoms with Gasteiger partial charge in [-0.15, -0.1) is 0 Å². The number of hydrogen-bond donors (Lipinski definition) is 1. The third kappa shape index (κ3) is 2.55. The zero-order chi connectivity index (χ0) is 13.9. The highest BCUT2D eigenvalue weighted by Gasteiger charge is 2.18. The lowest BCUT2D eigenvalue weighted by atomic mass is 10.1. The summed E-state index contributed by atoms with van der Waals surface area (Å²) in [6, 6.07) is 13.5. The van der Waals surface area contributed by atoms with Crippen molar-refractivity contribution in [3.05, 3.63) is 65.1 Å². The molecule has 0 fully saturated rings. The van der Waals surface area contributed by atoms with Crippen molar-refractivity contribution in [1.82, 2.24) is 10.3 Å². The maximum Gasteiger partial charge on any atom is 0.134 e. The quantitative estimate of drug-likeness (QED) is 0.782. The minimum Gasteiger partial charge on any atom is -0.459 e. The molecule has 0 aliphatic rings. The number of rotatable bonds is 4. The highest BCUT2D eigenvalue weighted by molar-refractivity contribution is 6.31. The number of nitrogens with one attached hydrogen (secondary N) is 1. The Morgan fingerprint density at radius 3 is 2.90 bits per heavy atom. The van der Waals surface area contributed by atoms with Crippen LogP contribution in [0, 0.1) is 0 Å². The topological polar surface area (TPSA) is 38.1 Å². The smallest absolute Gasteiger partial charge is 0.134 e. The Hall–Kier alpha value is -1.84. The Morgan fingerprint density at radius 2 is 2.15 bits per heavy atom. The number of benzene rings is 1. The standard InChI is InChI=1S/C16H15ClN2O/c1-2-18-16(13-5-3-4-8-19-13)15-10-11-9-12(17)6-7-14(11)20-15/h3-10,16,18H,2H2,1H3. The lowest BCUT2D eigenvalue weighted by Gasteiger charge is -2.14. The predicted molar refractivity (Wildman–Crippen MR) is 81.0 cm³/mol. The van der Waals surface area contributed by atoms with Gasteiger partial charge < -0.3 is 9.73 Å². The van der Waals surface area contributed by atoms with Crippen LogP contribution in [0.25, 0.3) is 11.0 Å². The summed E-state index contributed by atoms with van der Waals surface area (Å²) >= 11 is 6.02. The molecular weight excluding hydrogens is 272 g/mol. The van der Waals surface area contributed by atoms with Crippen LogP contribution in [0.1, 0.15) is 24.4 Å². The summed E-state index contributed by atoms with van der Waals surface area (Å²) in [6.45, 7) is 2.90. The van der Waals surface area contributed by atoms with E-state index >= 15 is 0 Å². The molecule has 4 heteroatoms. The van der Waals surface area contributed by atoms with E-state index in [4.69, 9.17) is 16.0 Å². The molecule has 0 spiro atoms. The third-order valence-corrected chi connectivity index (χ3v) is 3.41. The normalized spacial score (nSPS) is 12.7. The number of fused-ring (bicyclic) bond motifs is 1. The van der Waals surface area contributed by atoms with Gasteiger partial charge in [0.25, 0.3) is 0 Å². The highest BCUT2D eigenvalue weighted by Crippen LogP contribution is 2.29. The van der Waals surface area contributed by atoms with Gasteiger partial charge in [0.1, 0.15) is 17.4 Å². The van der Waals surface area contributed by atoms with E-state index in [0.717, 1.165) is 29.0 Å². The first-order chi connectivity index (χ1) is 9.78. The number of pyridine rings is 1. The SMILES string of the molecule is CCNC(c1ccccn1)c1cc2cc(Cl)ccc2o1. The van der Waals surface area contributed by atoms with Crippen molar-refractivity contribution in [1.29, 1.82) is 0 Å². The molecule has 1 unspecified atom stereocenters. The second kappa shape index (κ2) is 5.65. The van der Waals surface area contributed by atoms with Crippen molar-refractivity contribution in [3.63, 3.8) is 0 Å². The maximum atomic E-state index is 6.02. The van der Waals surface area contributed by atoms with Crippen LogP contribution in [0.5, 0.6) is 0 Å². The number of aromatic nitrogens is 1. The van der Waals surface area contributed by atoms with Gasteiger partial charge >= 0.3 is 0 Å². The first-order valence-corrected chi connectivity index (χ1v) is 6.99. The summed E-state index contributed by atoms with van der Waals surface area (Å²) < 4.78 is 5.93. The summed E-state index contributed by atoms with van der Waals surface area (Å²) in [5.74, 6) is 0.850. The van der Waals surface area contributed by atoms with Gasteiger partial charge in [-0.3, -0.25) is 4.98 Å². The molecule has 1 aromatic carbocycles. The van der Waals surface area contributed by atoms with E-state index < -0.39 is 0 Å². The number of halogens is 1. The van der Waals surface area contributed by atoms with E-state index in [9.17, 15) is 0 Å².